The monoisotopic (exact) mass is 282 g/mol. The molecule has 0 aliphatic rings. The Bertz CT molecular complexity index is 614. The number of hydrogen-bond donors (Lipinski definition) is 1. The highest BCUT2D eigenvalue weighted by molar-refractivity contribution is 6.31. The van der Waals surface area contributed by atoms with Crippen LogP contribution in [-0.4, -0.2) is 22.2 Å². The number of nitro groups is 1. The predicted octanol–water partition coefficient (Wildman–Crippen LogP) is 2.58. The average Bonchev–Trinajstić information content (AvgIpc) is 2.86. The van der Waals surface area contributed by atoms with Gasteiger partial charge in [-0.15, -0.1) is 10.2 Å². The quantitative estimate of drug-likeness (QED) is 0.684. The summed E-state index contributed by atoms with van der Waals surface area (Å²) in [6.45, 7) is 1.86. The number of nitrogens with zero attached hydrogens (tertiary/aromatic N) is 3. The third-order valence-electron chi connectivity index (χ3n) is 2.58. The molecule has 1 aromatic heterocycles. The van der Waals surface area contributed by atoms with E-state index in [1.807, 2.05) is 6.92 Å². The van der Waals surface area contributed by atoms with Gasteiger partial charge in [0.25, 0.3) is 5.69 Å². The Morgan fingerprint density at radius 3 is 2.79 bits per heavy atom. The van der Waals surface area contributed by atoms with Gasteiger partial charge in [0.05, 0.1) is 11.0 Å². The van der Waals surface area contributed by atoms with Crippen LogP contribution >= 0.6 is 11.6 Å². The largest absolute Gasteiger partial charge is 0.419 e. The van der Waals surface area contributed by atoms with Crippen molar-refractivity contribution < 1.29 is 9.34 Å². The molecule has 0 fully saturated rings. The van der Waals surface area contributed by atoms with Crippen molar-refractivity contribution in [1.29, 1.82) is 0 Å². The third kappa shape index (κ3) is 2.88. The van der Waals surface area contributed by atoms with Gasteiger partial charge in [-0.25, -0.2) is 0 Å². The van der Waals surface area contributed by atoms with Gasteiger partial charge >= 0.3 is 0 Å². The van der Waals surface area contributed by atoms with E-state index in [9.17, 15) is 10.1 Å². The fourth-order valence-corrected chi connectivity index (χ4v) is 1.68. The minimum atomic E-state index is -0.525. The molecule has 0 spiro atoms. The van der Waals surface area contributed by atoms with Crippen molar-refractivity contribution in [2.24, 2.45) is 0 Å². The van der Waals surface area contributed by atoms with Crippen LogP contribution in [0.5, 0.6) is 0 Å². The van der Waals surface area contributed by atoms with Gasteiger partial charge in [-0.3, -0.25) is 10.1 Å². The van der Waals surface area contributed by atoms with E-state index < -0.39 is 4.92 Å². The fraction of sp³-hybridized carbons (Fsp3) is 0.273. The lowest BCUT2D eigenvalue weighted by Gasteiger charge is -2.02. The molecule has 0 radical (unpaired) electrons. The Balaban J connectivity index is 2.41. The van der Waals surface area contributed by atoms with Gasteiger partial charge in [0.15, 0.2) is 0 Å². The molecular weight excluding hydrogens is 272 g/mol. The van der Waals surface area contributed by atoms with Gasteiger partial charge in [-0.2, -0.15) is 0 Å². The van der Waals surface area contributed by atoms with Crippen molar-refractivity contribution in [2.45, 2.75) is 13.0 Å². The second kappa shape index (κ2) is 5.33. The number of rotatable bonds is 4. The molecule has 0 saturated carbocycles. The maximum absolute atomic E-state index is 10.8. The van der Waals surface area contributed by atoms with E-state index >= 15 is 0 Å². The minimum Gasteiger partial charge on any atom is -0.419 e. The molecule has 1 heterocycles. The number of nitro benzene ring substituents is 1. The van der Waals surface area contributed by atoms with Gasteiger partial charge < -0.3 is 9.73 Å². The van der Waals surface area contributed by atoms with Gasteiger partial charge in [0.2, 0.25) is 11.8 Å². The van der Waals surface area contributed by atoms with E-state index in [1.54, 1.807) is 7.05 Å². The Kier molecular flexibility index (Phi) is 3.77. The second-order valence-electron chi connectivity index (χ2n) is 3.91. The summed E-state index contributed by atoms with van der Waals surface area (Å²) in [4.78, 5) is 10.2. The maximum Gasteiger partial charge on any atom is 0.271 e. The summed E-state index contributed by atoms with van der Waals surface area (Å²) in [5, 5.41) is 21.7. The van der Waals surface area contributed by atoms with Gasteiger partial charge in [-0.1, -0.05) is 11.6 Å². The molecule has 100 valence electrons. The van der Waals surface area contributed by atoms with Crippen LogP contribution in [0.15, 0.2) is 22.6 Å². The standard InChI is InChI=1S/C11H11ClN4O3/c1-6(13-2)10-14-15-11(19-10)7-3-8(12)5-9(4-7)16(17)18/h3-6,13H,1-2H3. The van der Waals surface area contributed by atoms with Crippen molar-refractivity contribution in [3.63, 3.8) is 0 Å². The highest BCUT2D eigenvalue weighted by atomic mass is 35.5. The Morgan fingerprint density at radius 1 is 1.42 bits per heavy atom. The first-order valence-corrected chi connectivity index (χ1v) is 5.85. The first-order chi connectivity index (χ1) is 9.01. The van der Waals surface area contributed by atoms with Crippen LogP contribution in [0, 0.1) is 10.1 Å². The molecule has 1 aromatic carbocycles. The molecule has 0 aliphatic carbocycles. The predicted molar refractivity (Wildman–Crippen MR) is 68.9 cm³/mol. The van der Waals surface area contributed by atoms with Crippen LogP contribution in [0.4, 0.5) is 5.69 Å². The fourth-order valence-electron chi connectivity index (χ4n) is 1.45. The number of hydrogen-bond acceptors (Lipinski definition) is 6. The van der Waals surface area contributed by atoms with Crippen molar-refractivity contribution >= 4 is 17.3 Å². The van der Waals surface area contributed by atoms with Crippen LogP contribution in [0.25, 0.3) is 11.5 Å². The topological polar surface area (TPSA) is 94.1 Å². The van der Waals surface area contributed by atoms with Crippen molar-refractivity contribution in [3.05, 3.63) is 39.2 Å². The summed E-state index contributed by atoms with van der Waals surface area (Å²) in [6, 6.07) is 4.04. The Morgan fingerprint density at radius 2 is 2.16 bits per heavy atom. The normalized spacial score (nSPS) is 12.4. The Hall–Kier alpha value is -1.99. The number of non-ortho nitro benzene ring substituents is 1. The van der Waals surface area contributed by atoms with Gasteiger partial charge in [0, 0.05) is 22.7 Å². The van der Waals surface area contributed by atoms with E-state index in [0.29, 0.717) is 11.5 Å². The van der Waals surface area contributed by atoms with Crippen LogP contribution in [0.3, 0.4) is 0 Å². The van der Waals surface area contributed by atoms with Crippen LogP contribution in [0.1, 0.15) is 18.9 Å². The van der Waals surface area contributed by atoms with Crippen LogP contribution in [0.2, 0.25) is 5.02 Å². The zero-order chi connectivity index (χ0) is 14.0. The van der Waals surface area contributed by atoms with E-state index in [0.717, 1.165) is 0 Å². The lowest BCUT2D eigenvalue weighted by molar-refractivity contribution is -0.384. The van der Waals surface area contributed by atoms with Crippen LogP contribution < -0.4 is 5.32 Å². The van der Waals surface area contributed by atoms with Crippen LogP contribution in [-0.2, 0) is 0 Å². The molecule has 1 N–H and O–H groups in total. The number of halogens is 1. The van der Waals surface area contributed by atoms with Gasteiger partial charge in [0.1, 0.15) is 0 Å². The molecule has 19 heavy (non-hydrogen) atoms. The summed E-state index contributed by atoms with van der Waals surface area (Å²) in [5.41, 5.74) is 0.296. The number of aromatic nitrogens is 2. The number of nitrogens with one attached hydrogen (secondary N) is 1. The van der Waals surface area contributed by atoms with E-state index in [-0.39, 0.29) is 22.6 Å². The Labute approximate surface area is 113 Å². The van der Waals surface area contributed by atoms with Crippen molar-refractivity contribution in [1.82, 2.24) is 15.5 Å². The average molecular weight is 283 g/mol. The second-order valence-corrected chi connectivity index (χ2v) is 4.35. The number of benzene rings is 1. The van der Waals surface area contributed by atoms with E-state index in [2.05, 4.69) is 15.5 Å². The SMILES string of the molecule is CNC(C)c1nnc(-c2cc(Cl)cc([N+](=O)[O-])c2)o1. The summed E-state index contributed by atoms with van der Waals surface area (Å²) >= 11 is 5.83. The molecular formula is C11H11ClN4O3. The molecule has 2 rings (SSSR count). The molecule has 2 aromatic rings. The van der Waals surface area contributed by atoms with E-state index in [4.69, 9.17) is 16.0 Å². The molecule has 7 nitrogen and oxygen atoms in total. The molecule has 0 bridgehead atoms. The summed E-state index contributed by atoms with van der Waals surface area (Å²) < 4.78 is 5.45. The first kappa shape index (κ1) is 13.4. The maximum atomic E-state index is 10.8. The van der Waals surface area contributed by atoms with Crippen molar-refractivity contribution in [3.8, 4) is 11.5 Å². The molecule has 8 heteroatoms. The molecule has 0 amide bonds. The minimum absolute atomic E-state index is 0.101. The summed E-state index contributed by atoms with van der Waals surface area (Å²) in [5.74, 6) is 0.600. The molecule has 0 aliphatic heterocycles. The lowest BCUT2D eigenvalue weighted by atomic mass is 10.2. The van der Waals surface area contributed by atoms with Crippen molar-refractivity contribution in [2.75, 3.05) is 7.05 Å². The zero-order valence-corrected chi connectivity index (χ0v) is 11.0. The highest BCUT2D eigenvalue weighted by Crippen LogP contribution is 2.28. The molecule has 0 saturated heterocycles. The lowest BCUT2D eigenvalue weighted by Crippen LogP contribution is -2.12. The first-order valence-electron chi connectivity index (χ1n) is 5.47. The third-order valence-corrected chi connectivity index (χ3v) is 2.80. The zero-order valence-electron chi connectivity index (χ0n) is 10.3. The highest BCUT2D eigenvalue weighted by Gasteiger charge is 2.16. The van der Waals surface area contributed by atoms with Gasteiger partial charge in [-0.05, 0) is 20.0 Å². The molecule has 1 unspecified atom stereocenters. The van der Waals surface area contributed by atoms with E-state index in [1.165, 1.54) is 18.2 Å². The molecule has 1 atom stereocenters. The smallest absolute Gasteiger partial charge is 0.271 e. The summed E-state index contributed by atoms with van der Waals surface area (Å²) in [7, 11) is 1.76. The summed E-state index contributed by atoms with van der Waals surface area (Å²) in [6.07, 6.45) is 0.